The largest absolute Gasteiger partial charge is 0.487 e. The van der Waals surface area contributed by atoms with Crippen molar-refractivity contribution in [3.63, 3.8) is 0 Å². The summed E-state index contributed by atoms with van der Waals surface area (Å²) < 4.78 is 6.14. The van der Waals surface area contributed by atoms with Crippen LogP contribution in [0.15, 0.2) is 18.2 Å². The molecule has 0 spiro atoms. The first-order valence-electron chi connectivity index (χ1n) is 8.10. The van der Waals surface area contributed by atoms with Gasteiger partial charge >= 0.3 is 0 Å². The number of benzene rings is 1. The van der Waals surface area contributed by atoms with Gasteiger partial charge in [-0.3, -0.25) is 0 Å². The maximum absolute atomic E-state index is 10.3. The van der Waals surface area contributed by atoms with Gasteiger partial charge < -0.3 is 9.84 Å². The van der Waals surface area contributed by atoms with Crippen molar-refractivity contribution in [2.45, 2.75) is 64.6 Å². The van der Waals surface area contributed by atoms with Crippen LogP contribution in [-0.4, -0.2) is 17.3 Å². The van der Waals surface area contributed by atoms with Gasteiger partial charge in [0.1, 0.15) is 11.9 Å². The quantitative estimate of drug-likeness (QED) is 0.890. The van der Waals surface area contributed by atoms with Gasteiger partial charge in [0.15, 0.2) is 0 Å². The normalized spacial score (nSPS) is 33.5. The summed E-state index contributed by atoms with van der Waals surface area (Å²) in [5.41, 5.74) is 2.93. The Morgan fingerprint density at radius 2 is 1.80 bits per heavy atom. The lowest BCUT2D eigenvalue weighted by Crippen LogP contribution is -2.43. The van der Waals surface area contributed by atoms with Crippen molar-refractivity contribution < 1.29 is 9.84 Å². The molecule has 2 aliphatic carbocycles. The van der Waals surface area contributed by atoms with Crippen molar-refractivity contribution in [3.05, 3.63) is 29.3 Å². The molecule has 4 atom stereocenters. The molecule has 0 bridgehead atoms. The third-order valence-electron chi connectivity index (χ3n) is 4.95. The van der Waals surface area contributed by atoms with E-state index < -0.39 is 0 Å². The highest BCUT2D eigenvalue weighted by Gasteiger charge is 2.34. The number of aliphatic hydroxyl groups excluding tert-OH is 1. The molecule has 2 heteroatoms. The number of hydrogen-bond donors (Lipinski definition) is 1. The summed E-state index contributed by atoms with van der Waals surface area (Å²) in [6, 6.07) is 6.50. The average Bonchev–Trinajstić information content (AvgIpc) is 2.42. The molecule has 0 heterocycles. The van der Waals surface area contributed by atoms with E-state index in [1.807, 2.05) is 0 Å². The molecular weight excluding hydrogens is 248 g/mol. The minimum atomic E-state index is -0.329. The number of ether oxygens (including phenoxy) is 1. The summed E-state index contributed by atoms with van der Waals surface area (Å²) >= 11 is 0. The van der Waals surface area contributed by atoms with E-state index in [-0.39, 0.29) is 12.2 Å². The van der Waals surface area contributed by atoms with Gasteiger partial charge in [-0.15, -0.1) is 0 Å². The van der Waals surface area contributed by atoms with Crippen LogP contribution >= 0.6 is 0 Å². The Morgan fingerprint density at radius 1 is 1.05 bits per heavy atom. The second-order valence-electron chi connectivity index (χ2n) is 6.84. The van der Waals surface area contributed by atoms with Gasteiger partial charge in [-0.25, -0.2) is 0 Å². The van der Waals surface area contributed by atoms with Crippen molar-refractivity contribution in [3.8, 4) is 5.75 Å². The lowest BCUT2D eigenvalue weighted by atomic mass is 9.79. The van der Waals surface area contributed by atoms with Gasteiger partial charge in [0.25, 0.3) is 0 Å². The summed E-state index contributed by atoms with van der Waals surface area (Å²) in [5, 5.41) is 10.3. The van der Waals surface area contributed by atoms with E-state index in [1.165, 1.54) is 36.8 Å². The van der Waals surface area contributed by atoms with Crippen LogP contribution in [0.5, 0.6) is 5.75 Å². The van der Waals surface area contributed by atoms with Gasteiger partial charge in [-0.2, -0.15) is 0 Å². The number of rotatable bonds is 2. The Labute approximate surface area is 122 Å². The van der Waals surface area contributed by atoms with Crippen LogP contribution in [0.4, 0.5) is 0 Å². The molecule has 1 fully saturated rings. The Hall–Kier alpha value is -1.02. The fraction of sp³-hybridized carbons (Fsp3) is 0.667. The Morgan fingerprint density at radius 3 is 2.55 bits per heavy atom. The SMILES string of the molecule is CC1CC(C)C(Oc2ccc3c(c2)CCCC3)C(O)C1. The van der Waals surface area contributed by atoms with Crippen molar-refractivity contribution in [2.24, 2.45) is 11.8 Å². The minimum Gasteiger partial charge on any atom is -0.487 e. The van der Waals surface area contributed by atoms with Gasteiger partial charge in [0.05, 0.1) is 6.10 Å². The number of hydrogen-bond acceptors (Lipinski definition) is 2. The van der Waals surface area contributed by atoms with Crippen LogP contribution in [0, 0.1) is 11.8 Å². The second kappa shape index (κ2) is 5.77. The van der Waals surface area contributed by atoms with Crippen LogP contribution in [0.3, 0.4) is 0 Å². The van der Waals surface area contributed by atoms with E-state index >= 15 is 0 Å². The summed E-state index contributed by atoms with van der Waals surface area (Å²) in [6.07, 6.45) is 6.60. The van der Waals surface area contributed by atoms with E-state index in [4.69, 9.17) is 4.74 Å². The molecule has 1 saturated carbocycles. The predicted octanol–water partition coefficient (Wildman–Crippen LogP) is 3.74. The molecule has 2 nitrogen and oxygen atoms in total. The van der Waals surface area contributed by atoms with Crippen LogP contribution in [-0.2, 0) is 12.8 Å². The van der Waals surface area contributed by atoms with Gasteiger partial charge in [-0.1, -0.05) is 19.9 Å². The molecule has 3 rings (SSSR count). The van der Waals surface area contributed by atoms with Crippen LogP contribution < -0.4 is 4.74 Å². The highest BCUT2D eigenvalue weighted by molar-refractivity contribution is 5.37. The minimum absolute atomic E-state index is 0.0483. The maximum Gasteiger partial charge on any atom is 0.127 e. The zero-order valence-electron chi connectivity index (χ0n) is 12.6. The van der Waals surface area contributed by atoms with Crippen LogP contribution in [0.2, 0.25) is 0 Å². The molecule has 2 aliphatic rings. The lowest BCUT2D eigenvalue weighted by molar-refractivity contribution is -0.0388. The third kappa shape index (κ3) is 2.85. The molecule has 0 aliphatic heterocycles. The summed E-state index contributed by atoms with van der Waals surface area (Å²) in [7, 11) is 0. The summed E-state index contributed by atoms with van der Waals surface area (Å²) in [4.78, 5) is 0. The van der Waals surface area contributed by atoms with Crippen LogP contribution in [0.1, 0.15) is 50.7 Å². The molecule has 4 unspecified atom stereocenters. The Balaban J connectivity index is 1.74. The van der Waals surface area contributed by atoms with Crippen molar-refractivity contribution in [2.75, 3.05) is 0 Å². The number of fused-ring (bicyclic) bond motifs is 1. The standard InChI is InChI=1S/C18H26O2/c1-12-9-13(2)18(17(19)10-12)20-16-8-7-14-5-3-4-6-15(14)11-16/h7-8,11-13,17-19H,3-6,9-10H2,1-2H3. The smallest absolute Gasteiger partial charge is 0.127 e. The molecular formula is C18H26O2. The van der Waals surface area contributed by atoms with E-state index in [2.05, 4.69) is 32.0 Å². The topological polar surface area (TPSA) is 29.5 Å². The van der Waals surface area contributed by atoms with Crippen molar-refractivity contribution in [1.29, 1.82) is 0 Å². The van der Waals surface area contributed by atoms with Crippen molar-refractivity contribution >= 4 is 0 Å². The first kappa shape index (κ1) is 13.9. The molecule has 0 saturated heterocycles. The molecule has 110 valence electrons. The first-order valence-corrected chi connectivity index (χ1v) is 8.10. The monoisotopic (exact) mass is 274 g/mol. The van der Waals surface area contributed by atoms with E-state index in [1.54, 1.807) is 0 Å². The van der Waals surface area contributed by atoms with Crippen LogP contribution in [0.25, 0.3) is 0 Å². The summed E-state index contributed by atoms with van der Waals surface area (Å²) in [5.74, 6) is 1.96. The maximum atomic E-state index is 10.3. The Bertz CT molecular complexity index is 456. The molecule has 0 amide bonds. The zero-order valence-corrected chi connectivity index (χ0v) is 12.6. The Kier molecular flexibility index (Phi) is 4.02. The van der Waals surface area contributed by atoms with E-state index in [0.29, 0.717) is 11.8 Å². The number of aryl methyl sites for hydroxylation is 2. The average molecular weight is 274 g/mol. The van der Waals surface area contributed by atoms with E-state index in [9.17, 15) is 5.11 Å². The second-order valence-corrected chi connectivity index (χ2v) is 6.84. The molecule has 1 aromatic carbocycles. The molecule has 20 heavy (non-hydrogen) atoms. The summed E-state index contributed by atoms with van der Waals surface area (Å²) in [6.45, 7) is 4.41. The fourth-order valence-electron chi connectivity index (χ4n) is 3.93. The van der Waals surface area contributed by atoms with Gasteiger partial charge in [0.2, 0.25) is 0 Å². The third-order valence-corrected chi connectivity index (χ3v) is 4.95. The lowest BCUT2D eigenvalue weighted by Gasteiger charge is -2.37. The molecule has 1 aromatic rings. The van der Waals surface area contributed by atoms with Gasteiger partial charge in [-0.05, 0) is 73.6 Å². The fourth-order valence-corrected chi connectivity index (χ4v) is 3.93. The molecule has 0 radical (unpaired) electrons. The molecule has 0 aromatic heterocycles. The zero-order chi connectivity index (χ0) is 14.1. The van der Waals surface area contributed by atoms with Gasteiger partial charge in [0, 0.05) is 0 Å². The molecule has 1 N–H and O–H groups in total. The first-order chi connectivity index (χ1) is 9.63. The van der Waals surface area contributed by atoms with E-state index in [0.717, 1.165) is 18.6 Å². The number of aliphatic hydroxyl groups is 1. The van der Waals surface area contributed by atoms with Crippen molar-refractivity contribution in [1.82, 2.24) is 0 Å². The highest BCUT2D eigenvalue weighted by atomic mass is 16.5. The highest BCUT2D eigenvalue weighted by Crippen LogP contribution is 2.33. The predicted molar refractivity (Wildman–Crippen MR) is 81.1 cm³/mol.